The molecular formula is C20H32N4O3. The Labute approximate surface area is 162 Å². The number of nitrogens with zero attached hydrogens (tertiary/aromatic N) is 2. The van der Waals surface area contributed by atoms with Crippen molar-refractivity contribution in [2.24, 2.45) is 4.99 Å². The van der Waals surface area contributed by atoms with E-state index in [0.717, 1.165) is 49.1 Å². The van der Waals surface area contributed by atoms with E-state index in [1.807, 2.05) is 43.9 Å². The van der Waals surface area contributed by atoms with E-state index in [1.54, 1.807) is 7.11 Å². The van der Waals surface area contributed by atoms with Gasteiger partial charge < -0.3 is 25.0 Å². The van der Waals surface area contributed by atoms with Gasteiger partial charge in [-0.15, -0.1) is 0 Å². The highest BCUT2D eigenvalue weighted by Crippen LogP contribution is 2.28. The molecule has 1 unspecified atom stereocenters. The lowest BCUT2D eigenvalue weighted by Crippen LogP contribution is -2.45. The monoisotopic (exact) mass is 376 g/mol. The summed E-state index contributed by atoms with van der Waals surface area (Å²) in [6, 6.07) is 6.09. The first kappa shape index (κ1) is 20.9. The van der Waals surface area contributed by atoms with Crippen molar-refractivity contribution in [3.8, 4) is 11.5 Å². The molecule has 0 aromatic heterocycles. The maximum absolute atomic E-state index is 11.8. The van der Waals surface area contributed by atoms with Gasteiger partial charge in [-0.1, -0.05) is 13.0 Å². The number of hydrogen-bond acceptors (Lipinski definition) is 4. The molecule has 1 aliphatic heterocycles. The molecule has 1 aromatic carbocycles. The molecule has 0 bridgehead atoms. The van der Waals surface area contributed by atoms with Crippen LogP contribution in [0.5, 0.6) is 11.5 Å². The fourth-order valence-electron chi connectivity index (χ4n) is 3.10. The number of methoxy groups -OCH3 is 1. The molecule has 1 saturated heterocycles. The summed E-state index contributed by atoms with van der Waals surface area (Å²) in [7, 11) is 1.64. The van der Waals surface area contributed by atoms with Crippen LogP contribution in [0.4, 0.5) is 0 Å². The van der Waals surface area contributed by atoms with Gasteiger partial charge in [0.05, 0.1) is 20.3 Å². The number of carbonyl (C=O) groups is 1. The largest absolute Gasteiger partial charge is 0.493 e. The summed E-state index contributed by atoms with van der Waals surface area (Å²) in [5.41, 5.74) is 1.05. The summed E-state index contributed by atoms with van der Waals surface area (Å²) >= 11 is 0. The summed E-state index contributed by atoms with van der Waals surface area (Å²) in [6.45, 7) is 9.33. The molecule has 0 spiro atoms. The zero-order valence-corrected chi connectivity index (χ0v) is 16.9. The molecule has 0 aliphatic carbocycles. The van der Waals surface area contributed by atoms with Gasteiger partial charge in [-0.25, -0.2) is 4.99 Å². The van der Waals surface area contributed by atoms with Crippen LogP contribution in [0.25, 0.3) is 0 Å². The van der Waals surface area contributed by atoms with Crippen molar-refractivity contribution >= 4 is 11.9 Å². The quantitative estimate of drug-likeness (QED) is 0.537. The van der Waals surface area contributed by atoms with Crippen molar-refractivity contribution in [2.45, 2.75) is 46.2 Å². The summed E-state index contributed by atoms with van der Waals surface area (Å²) in [5.74, 6) is 2.43. The van der Waals surface area contributed by atoms with Gasteiger partial charge in [0, 0.05) is 32.1 Å². The normalized spacial score (nSPS) is 17.0. The van der Waals surface area contributed by atoms with Gasteiger partial charge in [-0.05, 0) is 38.0 Å². The van der Waals surface area contributed by atoms with Crippen molar-refractivity contribution in [2.75, 3.05) is 33.4 Å². The van der Waals surface area contributed by atoms with Crippen LogP contribution >= 0.6 is 0 Å². The molecule has 150 valence electrons. The number of aliphatic imine (C=N–C) groups is 1. The fraction of sp³-hybridized carbons (Fsp3) is 0.600. The number of benzene rings is 1. The number of likely N-dealkylation sites (tertiary alicyclic amines) is 1. The second-order valence-electron chi connectivity index (χ2n) is 6.44. The number of ether oxygens (including phenoxy) is 2. The Morgan fingerprint density at radius 3 is 2.78 bits per heavy atom. The third-order valence-corrected chi connectivity index (χ3v) is 4.48. The Kier molecular flexibility index (Phi) is 8.23. The number of nitrogens with one attached hydrogen (secondary N) is 2. The second-order valence-corrected chi connectivity index (χ2v) is 6.44. The molecule has 2 rings (SSSR count). The fourth-order valence-corrected chi connectivity index (χ4v) is 3.10. The van der Waals surface area contributed by atoms with Crippen molar-refractivity contribution in [3.05, 3.63) is 23.8 Å². The van der Waals surface area contributed by atoms with Crippen LogP contribution in [-0.2, 0) is 11.3 Å². The Bertz CT molecular complexity index is 648. The van der Waals surface area contributed by atoms with E-state index in [1.165, 1.54) is 0 Å². The molecule has 1 aromatic rings. The maximum Gasteiger partial charge on any atom is 0.222 e. The SMILES string of the molecule is CCNC(=NCc1ccc(OC)c(OCC)c1)NC1CCN(C(=O)CC)C1. The standard InChI is InChI=1S/C20H32N4O3/c1-5-19(25)24-11-10-16(14-24)23-20(21-6-2)22-13-15-8-9-17(26-4)18(12-15)27-7-3/h8-9,12,16H,5-7,10-11,13-14H2,1-4H3,(H2,21,22,23). The third kappa shape index (κ3) is 6.05. The Hall–Kier alpha value is -2.44. The van der Waals surface area contributed by atoms with Crippen LogP contribution in [0.15, 0.2) is 23.2 Å². The molecule has 0 radical (unpaired) electrons. The molecule has 2 N–H and O–H groups in total. The van der Waals surface area contributed by atoms with E-state index in [-0.39, 0.29) is 11.9 Å². The first-order chi connectivity index (χ1) is 13.1. The van der Waals surface area contributed by atoms with Gasteiger partial charge in [0.1, 0.15) is 0 Å². The summed E-state index contributed by atoms with van der Waals surface area (Å²) in [4.78, 5) is 18.5. The summed E-state index contributed by atoms with van der Waals surface area (Å²) in [6.07, 6.45) is 1.49. The maximum atomic E-state index is 11.8. The van der Waals surface area contributed by atoms with Crippen LogP contribution in [0.2, 0.25) is 0 Å². The minimum absolute atomic E-state index is 0.211. The molecule has 1 fully saturated rings. The highest BCUT2D eigenvalue weighted by molar-refractivity contribution is 5.80. The topological polar surface area (TPSA) is 75.2 Å². The molecule has 7 nitrogen and oxygen atoms in total. The molecule has 1 atom stereocenters. The van der Waals surface area contributed by atoms with Gasteiger partial charge in [0.25, 0.3) is 0 Å². The van der Waals surface area contributed by atoms with Gasteiger partial charge in [-0.2, -0.15) is 0 Å². The third-order valence-electron chi connectivity index (χ3n) is 4.48. The average molecular weight is 377 g/mol. The van der Waals surface area contributed by atoms with E-state index < -0.39 is 0 Å². The molecule has 1 heterocycles. The van der Waals surface area contributed by atoms with Crippen molar-refractivity contribution in [1.29, 1.82) is 0 Å². The predicted molar refractivity (Wildman–Crippen MR) is 107 cm³/mol. The lowest BCUT2D eigenvalue weighted by molar-refractivity contribution is -0.129. The molecular weight excluding hydrogens is 344 g/mol. The lowest BCUT2D eigenvalue weighted by Gasteiger charge is -2.18. The minimum Gasteiger partial charge on any atom is -0.493 e. The van der Waals surface area contributed by atoms with E-state index >= 15 is 0 Å². The summed E-state index contributed by atoms with van der Waals surface area (Å²) in [5, 5.41) is 6.73. The number of hydrogen-bond donors (Lipinski definition) is 2. The van der Waals surface area contributed by atoms with Gasteiger partial charge >= 0.3 is 0 Å². The van der Waals surface area contributed by atoms with E-state index in [2.05, 4.69) is 15.6 Å². The molecule has 1 amide bonds. The van der Waals surface area contributed by atoms with Crippen LogP contribution < -0.4 is 20.1 Å². The van der Waals surface area contributed by atoms with Crippen LogP contribution in [0.3, 0.4) is 0 Å². The highest BCUT2D eigenvalue weighted by atomic mass is 16.5. The first-order valence-electron chi connectivity index (χ1n) is 9.73. The summed E-state index contributed by atoms with van der Waals surface area (Å²) < 4.78 is 11.0. The molecule has 27 heavy (non-hydrogen) atoms. The van der Waals surface area contributed by atoms with Gasteiger partial charge in [-0.3, -0.25) is 4.79 Å². The minimum atomic E-state index is 0.211. The number of carbonyl (C=O) groups excluding carboxylic acids is 1. The van der Waals surface area contributed by atoms with E-state index in [4.69, 9.17) is 9.47 Å². The number of amides is 1. The predicted octanol–water partition coefficient (Wildman–Crippen LogP) is 2.16. The van der Waals surface area contributed by atoms with Crippen LogP contribution in [0, 0.1) is 0 Å². The number of rotatable bonds is 8. The number of guanidine groups is 1. The Morgan fingerprint density at radius 2 is 2.11 bits per heavy atom. The van der Waals surface area contributed by atoms with E-state index in [9.17, 15) is 4.79 Å². The van der Waals surface area contributed by atoms with Gasteiger partial charge in [0.15, 0.2) is 17.5 Å². The zero-order valence-electron chi connectivity index (χ0n) is 16.9. The average Bonchev–Trinajstić information content (AvgIpc) is 3.14. The highest BCUT2D eigenvalue weighted by Gasteiger charge is 2.25. The zero-order chi connectivity index (χ0) is 19.6. The van der Waals surface area contributed by atoms with Crippen molar-refractivity contribution in [3.63, 3.8) is 0 Å². The van der Waals surface area contributed by atoms with Crippen LogP contribution in [0.1, 0.15) is 39.2 Å². The molecule has 7 heteroatoms. The van der Waals surface area contributed by atoms with Crippen molar-refractivity contribution in [1.82, 2.24) is 15.5 Å². The lowest BCUT2D eigenvalue weighted by atomic mass is 10.2. The van der Waals surface area contributed by atoms with Crippen molar-refractivity contribution < 1.29 is 14.3 Å². The smallest absolute Gasteiger partial charge is 0.222 e. The Balaban J connectivity index is 2.01. The second kappa shape index (κ2) is 10.6. The molecule has 0 saturated carbocycles. The molecule has 1 aliphatic rings. The van der Waals surface area contributed by atoms with E-state index in [0.29, 0.717) is 19.6 Å². The first-order valence-corrected chi connectivity index (χ1v) is 9.73. The Morgan fingerprint density at radius 1 is 1.30 bits per heavy atom. The van der Waals surface area contributed by atoms with Gasteiger partial charge in [0.2, 0.25) is 5.91 Å². The van der Waals surface area contributed by atoms with Crippen LogP contribution in [-0.4, -0.2) is 56.2 Å².